The molecule has 0 aliphatic rings. The Morgan fingerprint density at radius 3 is 2.71 bits per heavy atom. The fraction of sp³-hybridized carbons (Fsp3) is 0.150. The van der Waals surface area contributed by atoms with E-state index in [9.17, 15) is 4.79 Å². The van der Waals surface area contributed by atoms with E-state index in [1.54, 1.807) is 45.8 Å². The van der Waals surface area contributed by atoms with Crippen molar-refractivity contribution < 1.29 is 4.79 Å². The summed E-state index contributed by atoms with van der Waals surface area (Å²) in [6, 6.07) is 10.1. The summed E-state index contributed by atoms with van der Waals surface area (Å²) in [5, 5.41) is 10.0. The van der Waals surface area contributed by atoms with Gasteiger partial charge in [-0.1, -0.05) is 17.8 Å². The maximum atomic E-state index is 12.5. The first kappa shape index (κ1) is 19.3. The van der Waals surface area contributed by atoms with Crippen molar-refractivity contribution in [2.24, 2.45) is 0 Å². The fourth-order valence-electron chi connectivity index (χ4n) is 2.58. The van der Waals surface area contributed by atoms with E-state index in [-0.39, 0.29) is 12.3 Å². The first-order valence-corrected chi connectivity index (χ1v) is 12.0. The Kier molecular flexibility index (Phi) is 5.91. The smallest absolute Gasteiger partial charge is 0.230 e. The van der Waals surface area contributed by atoms with Gasteiger partial charge in [0.05, 0.1) is 17.0 Å². The first-order chi connectivity index (χ1) is 13.6. The van der Waals surface area contributed by atoms with Crippen molar-refractivity contribution in [1.82, 2.24) is 9.97 Å². The molecule has 0 saturated heterocycles. The Balaban J connectivity index is 1.39. The molecule has 4 rings (SSSR count). The molecule has 0 saturated carbocycles. The Hall–Kier alpha value is -2.00. The number of hydrogen-bond donors (Lipinski definition) is 1. The van der Waals surface area contributed by atoms with Crippen molar-refractivity contribution in [3.63, 3.8) is 0 Å². The van der Waals surface area contributed by atoms with E-state index in [1.807, 2.05) is 54.3 Å². The lowest BCUT2D eigenvalue weighted by molar-refractivity contribution is -0.115. The van der Waals surface area contributed by atoms with Gasteiger partial charge in [0.15, 0.2) is 4.34 Å². The number of nitrogens with one attached hydrogen (secondary N) is 1. The van der Waals surface area contributed by atoms with Gasteiger partial charge < -0.3 is 5.32 Å². The molecule has 3 aromatic heterocycles. The predicted octanol–water partition coefficient (Wildman–Crippen LogP) is 6.28. The third-order valence-corrected chi connectivity index (χ3v) is 7.88. The zero-order valence-corrected chi connectivity index (χ0v) is 18.5. The highest BCUT2D eigenvalue weighted by atomic mass is 32.2. The number of thiophene rings is 1. The van der Waals surface area contributed by atoms with Gasteiger partial charge >= 0.3 is 0 Å². The van der Waals surface area contributed by atoms with Crippen LogP contribution in [-0.4, -0.2) is 15.9 Å². The van der Waals surface area contributed by atoms with Crippen molar-refractivity contribution >= 4 is 57.4 Å². The summed E-state index contributed by atoms with van der Waals surface area (Å²) in [7, 11) is 0. The molecular formula is C20H17N3OS4. The van der Waals surface area contributed by atoms with E-state index in [4.69, 9.17) is 0 Å². The average Bonchev–Trinajstić information content (AvgIpc) is 3.39. The quantitative estimate of drug-likeness (QED) is 0.381. The van der Waals surface area contributed by atoms with Gasteiger partial charge in [0, 0.05) is 27.0 Å². The molecule has 0 bridgehead atoms. The molecule has 28 heavy (non-hydrogen) atoms. The summed E-state index contributed by atoms with van der Waals surface area (Å²) >= 11 is 6.52. The van der Waals surface area contributed by atoms with Crippen LogP contribution in [0, 0.1) is 13.8 Å². The average molecular weight is 444 g/mol. The van der Waals surface area contributed by atoms with Crippen LogP contribution in [0.3, 0.4) is 0 Å². The van der Waals surface area contributed by atoms with Crippen molar-refractivity contribution in [1.29, 1.82) is 0 Å². The van der Waals surface area contributed by atoms with Crippen LogP contribution in [-0.2, 0) is 11.2 Å². The monoisotopic (exact) mass is 443 g/mol. The minimum absolute atomic E-state index is 0.0536. The van der Waals surface area contributed by atoms with Crippen LogP contribution in [0.4, 0.5) is 5.69 Å². The highest BCUT2D eigenvalue weighted by Gasteiger charge is 2.11. The highest BCUT2D eigenvalue weighted by molar-refractivity contribution is 8.01. The molecule has 0 atom stereocenters. The lowest BCUT2D eigenvalue weighted by Gasteiger charge is -2.09. The lowest BCUT2D eigenvalue weighted by atomic mass is 10.2. The Morgan fingerprint density at radius 1 is 1.11 bits per heavy atom. The van der Waals surface area contributed by atoms with E-state index in [0.717, 1.165) is 41.8 Å². The van der Waals surface area contributed by atoms with Gasteiger partial charge in [-0.3, -0.25) is 4.79 Å². The molecule has 0 aliphatic carbocycles. The highest BCUT2D eigenvalue weighted by Crippen LogP contribution is 2.32. The molecule has 1 aromatic carbocycles. The molecule has 8 heteroatoms. The minimum Gasteiger partial charge on any atom is -0.326 e. The summed E-state index contributed by atoms with van der Waals surface area (Å²) in [5.74, 6) is -0.0536. The summed E-state index contributed by atoms with van der Waals surface area (Å²) in [6.45, 7) is 4.00. The molecular weight excluding hydrogens is 427 g/mol. The first-order valence-electron chi connectivity index (χ1n) is 8.55. The molecule has 4 nitrogen and oxygen atoms in total. The third kappa shape index (κ3) is 4.70. The van der Waals surface area contributed by atoms with Crippen LogP contribution in [0.5, 0.6) is 0 Å². The predicted molar refractivity (Wildman–Crippen MR) is 120 cm³/mol. The van der Waals surface area contributed by atoms with Crippen molar-refractivity contribution in [3.05, 3.63) is 63.4 Å². The summed E-state index contributed by atoms with van der Waals surface area (Å²) in [4.78, 5) is 23.8. The van der Waals surface area contributed by atoms with Crippen LogP contribution in [0.1, 0.15) is 17.0 Å². The number of thiazole rings is 2. The number of amides is 1. The van der Waals surface area contributed by atoms with E-state index >= 15 is 0 Å². The van der Waals surface area contributed by atoms with Gasteiger partial charge in [0.25, 0.3) is 0 Å². The molecule has 1 amide bonds. The Bertz CT molecular complexity index is 1100. The second kappa shape index (κ2) is 8.57. The van der Waals surface area contributed by atoms with Crippen LogP contribution < -0.4 is 5.32 Å². The Morgan fingerprint density at radius 2 is 2.00 bits per heavy atom. The summed E-state index contributed by atoms with van der Waals surface area (Å²) in [5.41, 5.74) is 3.70. The molecule has 0 aliphatic heterocycles. The van der Waals surface area contributed by atoms with Gasteiger partial charge in [-0.15, -0.1) is 34.0 Å². The molecule has 0 fully saturated rings. The second-order valence-electron chi connectivity index (χ2n) is 6.18. The van der Waals surface area contributed by atoms with E-state index in [0.29, 0.717) is 0 Å². The third-order valence-electron chi connectivity index (χ3n) is 3.90. The maximum absolute atomic E-state index is 12.5. The molecule has 0 unspecified atom stereocenters. The standard InChI is InChI=1S/C20H17N3OS4/c1-12-8-15(28-20-21-13(2)10-27-20)5-6-16(12)23-18(24)9-14-11-26-19(22-14)17-4-3-7-25-17/h3-8,10-11H,9H2,1-2H3,(H,23,24). The summed E-state index contributed by atoms with van der Waals surface area (Å²) < 4.78 is 1.03. The van der Waals surface area contributed by atoms with Crippen molar-refractivity contribution in [2.45, 2.75) is 29.5 Å². The van der Waals surface area contributed by atoms with E-state index in [2.05, 4.69) is 21.4 Å². The number of rotatable bonds is 6. The largest absolute Gasteiger partial charge is 0.326 e. The number of nitrogens with zero attached hydrogens (tertiary/aromatic N) is 2. The number of anilines is 1. The van der Waals surface area contributed by atoms with Gasteiger partial charge in [-0.05, 0) is 49.1 Å². The molecule has 0 radical (unpaired) electrons. The van der Waals surface area contributed by atoms with Gasteiger partial charge in [0.1, 0.15) is 5.01 Å². The van der Waals surface area contributed by atoms with E-state index < -0.39 is 0 Å². The van der Waals surface area contributed by atoms with Gasteiger partial charge in [-0.25, -0.2) is 9.97 Å². The Labute approximate surface area is 179 Å². The minimum atomic E-state index is -0.0536. The van der Waals surface area contributed by atoms with Crippen LogP contribution in [0.15, 0.2) is 55.7 Å². The topological polar surface area (TPSA) is 54.9 Å². The second-order valence-corrected chi connectivity index (χ2v) is 10.2. The number of aromatic nitrogens is 2. The van der Waals surface area contributed by atoms with E-state index in [1.165, 1.54) is 0 Å². The van der Waals surface area contributed by atoms with Crippen LogP contribution in [0.2, 0.25) is 0 Å². The molecule has 142 valence electrons. The number of aryl methyl sites for hydroxylation is 2. The maximum Gasteiger partial charge on any atom is 0.230 e. The normalized spacial score (nSPS) is 10.9. The SMILES string of the molecule is Cc1csc(Sc2ccc(NC(=O)Cc3csc(-c4cccs4)n3)c(C)c2)n1. The number of benzene rings is 1. The number of carbonyl (C=O) groups excluding carboxylic acids is 1. The molecule has 4 aromatic rings. The zero-order valence-electron chi connectivity index (χ0n) is 15.3. The molecule has 3 heterocycles. The number of hydrogen-bond acceptors (Lipinski definition) is 7. The van der Waals surface area contributed by atoms with Crippen molar-refractivity contribution in [2.75, 3.05) is 5.32 Å². The van der Waals surface area contributed by atoms with Gasteiger partial charge in [-0.2, -0.15) is 0 Å². The summed E-state index contributed by atoms with van der Waals surface area (Å²) in [6.07, 6.45) is 0.274. The number of carbonyl (C=O) groups is 1. The van der Waals surface area contributed by atoms with Crippen LogP contribution >= 0.6 is 45.8 Å². The zero-order chi connectivity index (χ0) is 19.5. The van der Waals surface area contributed by atoms with Gasteiger partial charge in [0.2, 0.25) is 5.91 Å². The lowest BCUT2D eigenvalue weighted by Crippen LogP contribution is -2.15. The van der Waals surface area contributed by atoms with Crippen molar-refractivity contribution in [3.8, 4) is 9.88 Å². The molecule has 1 N–H and O–H groups in total. The van der Waals surface area contributed by atoms with Crippen LogP contribution in [0.25, 0.3) is 9.88 Å². The fourth-order valence-corrected chi connectivity index (χ4v) is 6.12. The molecule has 0 spiro atoms.